The van der Waals surface area contributed by atoms with Crippen molar-refractivity contribution in [3.8, 4) is 11.3 Å². The third kappa shape index (κ3) is 4.18. The van der Waals surface area contributed by atoms with Gasteiger partial charge in [-0.2, -0.15) is 5.10 Å². The quantitative estimate of drug-likeness (QED) is 0.465. The van der Waals surface area contributed by atoms with Crippen LogP contribution in [0.3, 0.4) is 0 Å². The number of ketones is 1. The van der Waals surface area contributed by atoms with Gasteiger partial charge < -0.3 is 9.30 Å². The Bertz CT molecular complexity index is 1240. The minimum absolute atomic E-state index is 0.0781. The van der Waals surface area contributed by atoms with Crippen LogP contribution in [0, 0.1) is 13.8 Å². The van der Waals surface area contributed by atoms with Crippen LogP contribution in [0.4, 0.5) is 0 Å². The number of Topliss-reactive ketones (excluding diaryl/α,β-unsaturated/α-hetero) is 1. The number of aryl methyl sites for hydroxylation is 1. The topological polar surface area (TPSA) is 111 Å². The van der Waals surface area contributed by atoms with E-state index in [4.69, 9.17) is 4.74 Å². The second kappa shape index (κ2) is 8.14. The molecule has 0 radical (unpaired) electrons. The molecule has 162 valence electrons. The summed E-state index contributed by atoms with van der Waals surface area (Å²) in [4.78, 5) is 25.3. The highest BCUT2D eigenvalue weighted by atomic mass is 32.2. The number of ether oxygens (including phenoxy) is 1. The molecule has 1 aliphatic rings. The maximum absolute atomic E-state index is 12.8. The molecule has 31 heavy (non-hydrogen) atoms. The van der Waals surface area contributed by atoms with Crippen LogP contribution in [0.15, 0.2) is 42.6 Å². The summed E-state index contributed by atoms with van der Waals surface area (Å²) in [5.41, 5.74) is 3.50. The van der Waals surface area contributed by atoms with E-state index in [1.165, 1.54) is 6.20 Å². The van der Waals surface area contributed by atoms with Gasteiger partial charge in [0.05, 0.1) is 23.4 Å². The maximum atomic E-state index is 12.8. The molecule has 1 saturated heterocycles. The molecule has 0 saturated carbocycles. The highest BCUT2D eigenvalue weighted by Crippen LogP contribution is 2.29. The summed E-state index contributed by atoms with van der Waals surface area (Å²) >= 11 is 0. The van der Waals surface area contributed by atoms with Gasteiger partial charge >= 0.3 is 5.97 Å². The van der Waals surface area contributed by atoms with Gasteiger partial charge in [-0.05, 0) is 26.3 Å². The van der Waals surface area contributed by atoms with E-state index in [1.807, 2.05) is 41.8 Å². The van der Waals surface area contributed by atoms with Crippen LogP contribution < -0.4 is 0 Å². The molecule has 1 N–H and O–H groups in total. The molecule has 0 bridgehead atoms. The molecule has 9 heteroatoms. The average molecular weight is 442 g/mol. The van der Waals surface area contributed by atoms with Crippen LogP contribution in [-0.2, 0) is 14.6 Å². The molecule has 3 heterocycles. The first kappa shape index (κ1) is 21.0. The zero-order chi connectivity index (χ0) is 22.2. The van der Waals surface area contributed by atoms with E-state index in [2.05, 4.69) is 10.2 Å². The lowest BCUT2D eigenvalue weighted by atomic mass is 10.1. The molecule has 1 fully saturated rings. The predicted octanol–water partition coefficient (Wildman–Crippen LogP) is 2.89. The Hall–Kier alpha value is -3.20. The van der Waals surface area contributed by atoms with Crippen LogP contribution in [-0.4, -0.2) is 53.0 Å². The van der Waals surface area contributed by atoms with Gasteiger partial charge in [-0.15, -0.1) is 0 Å². The normalized spacial score (nSPS) is 17.5. The number of benzene rings is 1. The smallest absolute Gasteiger partial charge is 0.342 e. The van der Waals surface area contributed by atoms with Gasteiger partial charge in [0.2, 0.25) is 5.78 Å². The number of sulfone groups is 1. The molecule has 1 aliphatic heterocycles. The maximum Gasteiger partial charge on any atom is 0.342 e. The molecule has 1 unspecified atom stereocenters. The zero-order valence-corrected chi connectivity index (χ0v) is 18.1. The van der Waals surface area contributed by atoms with Gasteiger partial charge in [0.1, 0.15) is 5.56 Å². The van der Waals surface area contributed by atoms with Gasteiger partial charge in [0, 0.05) is 28.6 Å². The molecule has 4 rings (SSSR count). The third-order valence-corrected chi connectivity index (χ3v) is 7.36. The number of nitrogens with one attached hydrogen (secondary N) is 1. The molecular weight excluding hydrogens is 418 g/mol. The summed E-state index contributed by atoms with van der Waals surface area (Å²) in [7, 11) is -3.05. The second-order valence-corrected chi connectivity index (χ2v) is 9.96. The minimum atomic E-state index is -3.05. The van der Waals surface area contributed by atoms with E-state index in [0.29, 0.717) is 23.4 Å². The van der Waals surface area contributed by atoms with Gasteiger partial charge in [-0.3, -0.25) is 9.89 Å². The summed E-state index contributed by atoms with van der Waals surface area (Å²) in [6.07, 6.45) is 1.91. The fraction of sp³-hybridized carbons (Fsp3) is 0.318. The van der Waals surface area contributed by atoms with Crippen molar-refractivity contribution in [3.05, 3.63) is 65.1 Å². The van der Waals surface area contributed by atoms with Crippen molar-refractivity contribution in [2.24, 2.45) is 0 Å². The number of hydrogen-bond donors (Lipinski definition) is 1. The number of H-pyrrole nitrogens is 1. The Labute approximate surface area is 180 Å². The molecular formula is C22H23N3O5S. The fourth-order valence-corrected chi connectivity index (χ4v) is 5.85. The number of carbonyl (C=O) groups excluding carboxylic acids is 2. The SMILES string of the molecule is Cc1cc(C(=O)COC(=O)c2cn[nH]c2-c2ccccc2)c(C)n1C1CCS(=O)(=O)C1. The Kier molecular flexibility index (Phi) is 5.53. The molecule has 3 aromatic rings. The molecule has 0 aliphatic carbocycles. The van der Waals surface area contributed by atoms with Gasteiger partial charge in [0.25, 0.3) is 0 Å². The molecule has 0 amide bonds. The minimum Gasteiger partial charge on any atom is -0.454 e. The van der Waals surface area contributed by atoms with E-state index in [-0.39, 0.29) is 28.9 Å². The van der Waals surface area contributed by atoms with Crippen LogP contribution in [0.2, 0.25) is 0 Å². The van der Waals surface area contributed by atoms with Crippen LogP contribution in [0.5, 0.6) is 0 Å². The molecule has 8 nitrogen and oxygen atoms in total. The highest BCUT2D eigenvalue weighted by Gasteiger charge is 2.32. The average Bonchev–Trinajstić information content (AvgIpc) is 3.44. The first-order valence-corrected chi connectivity index (χ1v) is 11.8. The summed E-state index contributed by atoms with van der Waals surface area (Å²) in [6, 6.07) is 10.8. The summed E-state index contributed by atoms with van der Waals surface area (Å²) < 4.78 is 30.9. The molecule has 2 aromatic heterocycles. The summed E-state index contributed by atoms with van der Waals surface area (Å²) in [6.45, 7) is 3.22. The Morgan fingerprint density at radius 2 is 1.94 bits per heavy atom. The van der Waals surface area contributed by atoms with Gasteiger partial charge in [-0.25, -0.2) is 13.2 Å². The number of rotatable bonds is 6. The van der Waals surface area contributed by atoms with Gasteiger partial charge in [0.15, 0.2) is 16.4 Å². The number of aromatic amines is 1. The Morgan fingerprint density at radius 1 is 1.19 bits per heavy atom. The summed E-state index contributed by atoms with van der Waals surface area (Å²) in [5.74, 6) is -0.742. The third-order valence-electron chi connectivity index (χ3n) is 5.61. The van der Waals surface area contributed by atoms with Crippen molar-refractivity contribution in [1.29, 1.82) is 0 Å². The monoisotopic (exact) mass is 441 g/mol. The van der Waals surface area contributed by atoms with Crippen LogP contribution in [0.25, 0.3) is 11.3 Å². The summed E-state index contributed by atoms with van der Waals surface area (Å²) in [5, 5.41) is 6.72. The first-order chi connectivity index (χ1) is 14.8. The lowest BCUT2D eigenvalue weighted by Crippen LogP contribution is -2.17. The van der Waals surface area contributed by atoms with Crippen molar-refractivity contribution >= 4 is 21.6 Å². The van der Waals surface area contributed by atoms with Crippen molar-refractivity contribution in [3.63, 3.8) is 0 Å². The van der Waals surface area contributed by atoms with Crippen molar-refractivity contribution in [2.45, 2.75) is 26.3 Å². The van der Waals surface area contributed by atoms with Crippen molar-refractivity contribution < 1.29 is 22.7 Å². The number of aromatic nitrogens is 3. The lowest BCUT2D eigenvalue weighted by Gasteiger charge is -2.16. The first-order valence-electron chi connectivity index (χ1n) is 9.95. The van der Waals surface area contributed by atoms with E-state index in [1.54, 1.807) is 13.0 Å². The largest absolute Gasteiger partial charge is 0.454 e. The van der Waals surface area contributed by atoms with E-state index < -0.39 is 22.4 Å². The van der Waals surface area contributed by atoms with E-state index in [9.17, 15) is 18.0 Å². The van der Waals surface area contributed by atoms with E-state index >= 15 is 0 Å². The van der Waals surface area contributed by atoms with Crippen molar-refractivity contribution in [1.82, 2.24) is 14.8 Å². The van der Waals surface area contributed by atoms with E-state index in [0.717, 1.165) is 11.3 Å². The standard InChI is InChI=1S/C22H23N3O5S/c1-14-10-18(15(2)25(14)17-8-9-31(28,29)13-17)20(26)12-30-22(27)19-11-23-24-21(19)16-6-4-3-5-7-16/h3-7,10-11,17H,8-9,12-13H2,1-2H3,(H,23,24). The Balaban J connectivity index is 1.47. The Morgan fingerprint density at radius 3 is 2.61 bits per heavy atom. The highest BCUT2D eigenvalue weighted by molar-refractivity contribution is 7.91. The second-order valence-electron chi connectivity index (χ2n) is 7.74. The predicted molar refractivity (Wildman–Crippen MR) is 115 cm³/mol. The van der Waals surface area contributed by atoms with Crippen molar-refractivity contribution in [2.75, 3.05) is 18.1 Å². The number of nitrogens with zero attached hydrogens (tertiary/aromatic N) is 2. The molecule has 0 spiro atoms. The fourth-order valence-electron chi connectivity index (χ4n) is 4.15. The van der Waals surface area contributed by atoms with Gasteiger partial charge in [-0.1, -0.05) is 30.3 Å². The zero-order valence-electron chi connectivity index (χ0n) is 17.3. The molecule has 1 aromatic carbocycles. The lowest BCUT2D eigenvalue weighted by molar-refractivity contribution is 0.0475. The number of esters is 1. The number of hydrogen-bond acceptors (Lipinski definition) is 6. The number of carbonyl (C=O) groups is 2. The van der Waals surface area contributed by atoms with Crippen LogP contribution in [0.1, 0.15) is 44.6 Å². The molecule has 1 atom stereocenters. The van der Waals surface area contributed by atoms with Crippen LogP contribution >= 0.6 is 0 Å².